The molecule has 43 heavy (non-hydrogen) atoms. The van der Waals surface area contributed by atoms with Crippen molar-refractivity contribution in [3.05, 3.63) is 132 Å². The van der Waals surface area contributed by atoms with Crippen molar-refractivity contribution >= 4 is 40.4 Å². The molecule has 0 amide bonds. The van der Waals surface area contributed by atoms with Crippen molar-refractivity contribution in [3.63, 3.8) is 0 Å². The van der Waals surface area contributed by atoms with Crippen molar-refractivity contribution in [3.8, 4) is 44.9 Å². The van der Waals surface area contributed by atoms with Crippen LogP contribution in [-0.4, -0.2) is 18.1 Å². The first-order chi connectivity index (χ1) is 20.9. The second kappa shape index (κ2) is 10.7. The number of hydrogen-bond acceptors (Lipinski definition) is 2. The summed E-state index contributed by atoms with van der Waals surface area (Å²) in [6, 6.07) is 34.7. The molecule has 0 saturated heterocycles. The van der Waals surface area contributed by atoms with Crippen molar-refractivity contribution in [2.45, 2.75) is 26.7 Å². The van der Waals surface area contributed by atoms with Gasteiger partial charge in [-0.1, -0.05) is 109 Å². The van der Waals surface area contributed by atoms with Gasteiger partial charge in [0.05, 0.1) is 0 Å². The van der Waals surface area contributed by atoms with E-state index >= 15 is 0 Å². The number of phenols is 2. The molecule has 0 unspecified atom stereocenters. The van der Waals surface area contributed by atoms with Crippen LogP contribution in [-0.2, 0) is 0 Å². The third kappa shape index (κ3) is 4.44. The molecule has 0 radical (unpaired) electrons. The molecule has 0 fully saturated rings. The number of phenolic OH excluding ortho intramolecular Hbond substituents is 2. The van der Waals surface area contributed by atoms with Crippen LogP contribution in [0.3, 0.4) is 0 Å². The van der Waals surface area contributed by atoms with Crippen molar-refractivity contribution < 1.29 is 10.2 Å². The summed E-state index contributed by atoms with van der Waals surface area (Å²) in [4.78, 5) is 0. The summed E-state index contributed by atoms with van der Waals surface area (Å²) >= 11 is 0. The summed E-state index contributed by atoms with van der Waals surface area (Å²) in [6.07, 6.45) is 8.60. The van der Waals surface area contributed by atoms with Crippen LogP contribution in [0.1, 0.15) is 29.5 Å². The maximum absolute atomic E-state index is 11.6. The number of fused-ring (bicyclic) bond motifs is 2. The van der Waals surface area contributed by atoms with E-state index in [1.54, 1.807) is 7.85 Å². The van der Waals surface area contributed by atoms with Crippen LogP contribution in [0, 0.1) is 13.8 Å². The maximum atomic E-state index is 11.6. The largest absolute Gasteiger partial charge is 0.508 e. The van der Waals surface area contributed by atoms with E-state index in [0.717, 1.165) is 62.2 Å². The van der Waals surface area contributed by atoms with E-state index < -0.39 is 0 Å². The van der Waals surface area contributed by atoms with Crippen LogP contribution in [0.15, 0.2) is 115 Å². The highest BCUT2D eigenvalue weighted by atomic mass is 16.3. The molecule has 0 bridgehead atoms. The molecule has 0 saturated carbocycles. The standard InChI is InChI=1S/C40H33BO2/c1-24-25(2)39(42)38(41)40(43)35(24)37-32-16-10-9-15-31(32)36(29-19-17-28(18-20-29)26-11-5-3-6-12-26)33-22-21-30(23-34(33)37)27-13-7-4-8-14-27/h3-7,9-13,15-23,42-43H,8,14,41H2,1-2H3. The fourth-order valence-corrected chi connectivity index (χ4v) is 6.69. The first kappa shape index (κ1) is 26.9. The zero-order valence-corrected chi connectivity index (χ0v) is 24.8. The molecular formula is C40H33BO2. The lowest BCUT2D eigenvalue weighted by atomic mass is 9.79. The summed E-state index contributed by atoms with van der Waals surface area (Å²) < 4.78 is 0. The van der Waals surface area contributed by atoms with Crippen molar-refractivity contribution in [1.29, 1.82) is 0 Å². The van der Waals surface area contributed by atoms with E-state index in [0.29, 0.717) is 5.46 Å². The maximum Gasteiger partial charge on any atom is 0.149 e. The summed E-state index contributed by atoms with van der Waals surface area (Å²) in [5.74, 6) is 0.291. The molecule has 1 aliphatic carbocycles. The normalized spacial score (nSPS) is 13.0. The highest BCUT2D eigenvalue weighted by Crippen LogP contribution is 2.48. The first-order valence-electron chi connectivity index (χ1n) is 15.0. The summed E-state index contributed by atoms with van der Waals surface area (Å²) in [5.41, 5.74) is 11.2. The molecule has 2 nitrogen and oxygen atoms in total. The van der Waals surface area contributed by atoms with Gasteiger partial charge in [0.15, 0.2) is 0 Å². The summed E-state index contributed by atoms with van der Waals surface area (Å²) in [7, 11) is 1.79. The fourth-order valence-electron chi connectivity index (χ4n) is 6.69. The molecule has 7 rings (SSSR count). The van der Waals surface area contributed by atoms with E-state index in [-0.39, 0.29) is 11.5 Å². The van der Waals surface area contributed by atoms with E-state index in [9.17, 15) is 10.2 Å². The van der Waals surface area contributed by atoms with Gasteiger partial charge >= 0.3 is 0 Å². The van der Waals surface area contributed by atoms with Crippen LogP contribution in [0.5, 0.6) is 11.5 Å². The Balaban J connectivity index is 1.59. The third-order valence-corrected chi connectivity index (χ3v) is 9.18. The summed E-state index contributed by atoms with van der Waals surface area (Å²) in [6.45, 7) is 3.93. The zero-order chi connectivity index (χ0) is 29.7. The SMILES string of the molecule is Bc1c(O)c(C)c(C)c(-c2c3ccccc3c(-c3ccc(-c4ccccc4)cc3)c3ccc(C4=CC=CCC4)cc23)c1O. The Morgan fingerprint density at radius 3 is 1.86 bits per heavy atom. The minimum Gasteiger partial charge on any atom is -0.508 e. The lowest BCUT2D eigenvalue weighted by Gasteiger charge is -2.23. The van der Waals surface area contributed by atoms with Gasteiger partial charge in [-0.05, 0) is 104 Å². The topological polar surface area (TPSA) is 40.5 Å². The second-order valence-corrected chi connectivity index (χ2v) is 11.6. The van der Waals surface area contributed by atoms with Crippen molar-refractivity contribution in [1.82, 2.24) is 0 Å². The third-order valence-electron chi connectivity index (χ3n) is 9.18. The molecule has 3 heteroatoms. The lowest BCUT2D eigenvalue weighted by Crippen LogP contribution is -2.09. The van der Waals surface area contributed by atoms with Gasteiger partial charge < -0.3 is 10.2 Å². The molecule has 6 aromatic rings. The van der Waals surface area contributed by atoms with E-state index in [4.69, 9.17) is 0 Å². The van der Waals surface area contributed by atoms with Gasteiger partial charge in [0.1, 0.15) is 19.3 Å². The quantitative estimate of drug-likeness (QED) is 0.168. The zero-order valence-electron chi connectivity index (χ0n) is 24.8. The van der Waals surface area contributed by atoms with Gasteiger partial charge in [-0.3, -0.25) is 0 Å². The van der Waals surface area contributed by atoms with Gasteiger partial charge in [-0.25, -0.2) is 0 Å². The average molecular weight is 557 g/mol. The first-order valence-corrected chi connectivity index (χ1v) is 15.0. The Bertz CT molecular complexity index is 2070. The van der Waals surface area contributed by atoms with Crippen molar-refractivity contribution in [2.24, 2.45) is 0 Å². The molecule has 0 atom stereocenters. The minimum atomic E-state index is 0.136. The van der Waals surface area contributed by atoms with Gasteiger partial charge in [0.2, 0.25) is 0 Å². The molecule has 6 aromatic carbocycles. The second-order valence-electron chi connectivity index (χ2n) is 11.6. The Morgan fingerprint density at radius 1 is 0.558 bits per heavy atom. The van der Waals surface area contributed by atoms with Crippen LogP contribution in [0.2, 0.25) is 0 Å². The minimum absolute atomic E-state index is 0.136. The van der Waals surface area contributed by atoms with Crippen LogP contribution >= 0.6 is 0 Å². The van der Waals surface area contributed by atoms with Gasteiger partial charge in [-0.2, -0.15) is 0 Å². The molecule has 0 spiro atoms. The predicted molar refractivity (Wildman–Crippen MR) is 185 cm³/mol. The number of aromatic hydroxyl groups is 2. The Morgan fingerprint density at radius 2 is 1.16 bits per heavy atom. The van der Waals surface area contributed by atoms with E-state index in [1.807, 2.05) is 19.9 Å². The van der Waals surface area contributed by atoms with Crippen LogP contribution in [0.25, 0.3) is 60.5 Å². The van der Waals surface area contributed by atoms with E-state index in [2.05, 4.69) is 109 Å². The summed E-state index contributed by atoms with van der Waals surface area (Å²) in [5, 5.41) is 26.9. The van der Waals surface area contributed by atoms with Crippen LogP contribution in [0.4, 0.5) is 0 Å². The Hall–Kier alpha value is -5.02. The molecular weight excluding hydrogens is 523 g/mol. The lowest BCUT2D eigenvalue weighted by molar-refractivity contribution is 0.456. The molecule has 2 N–H and O–H groups in total. The van der Waals surface area contributed by atoms with Crippen LogP contribution < -0.4 is 5.46 Å². The number of benzene rings is 6. The highest BCUT2D eigenvalue weighted by Gasteiger charge is 2.24. The Kier molecular flexibility index (Phi) is 6.67. The van der Waals surface area contributed by atoms with E-state index in [1.165, 1.54) is 27.8 Å². The highest BCUT2D eigenvalue weighted by molar-refractivity contribution is 6.37. The number of hydrogen-bond donors (Lipinski definition) is 2. The average Bonchev–Trinajstić information content (AvgIpc) is 3.07. The van der Waals surface area contributed by atoms with Gasteiger partial charge in [0, 0.05) is 11.1 Å². The molecule has 1 aliphatic rings. The molecule has 208 valence electrons. The van der Waals surface area contributed by atoms with Gasteiger partial charge in [0.25, 0.3) is 0 Å². The fraction of sp³-hybridized carbons (Fsp3) is 0.100. The van der Waals surface area contributed by atoms with Gasteiger partial charge in [-0.15, -0.1) is 0 Å². The number of rotatable bonds is 4. The number of allylic oxidation sites excluding steroid dienone is 4. The molecule has 0 aliphatic heterocycles. The molecule has 0 heterocycles. The predicted octanol–water partition coefficient (Wildman–Crippen LogP) is 9.01. The monoisotopic (exact) mass is 556 g/mol. The Labute approximate surface area is 253 Å². The molecule has 0 aromatic heterocycles. The smallest absolute Gasteiger partial charge is 0.149 e. The van der Waals surface area contributed by atoms with Crippen molar-refractivity contribution in [2.75, 3.05) is 0 Å².